The zero-order valence-corrected chi connectivity index (χ0v) is 17.1. The molecule has 1 unspecified atom stereocenters. The molecule has 0 bridgehead atoms. The van der Waals surface area contributed by atoms with Crippen molar-refractivity contribution in [3.8, 4) is 0 Å². The average molecular weight is 399 g/mol. The van der Waals surface area contributed by atoms with Crippen molar-refractivity contribution in [2.75, 3.05) is 18.4 Å². The zero-order chi connectivity index (χ0) is 21.2. The van der Waals surface area contributed by atoms with Crippen LogP contribution in [0.25, 0.3) is 11.0 Å². The molecule has 154 valence electrons. The molecule has 1 amide bonds. The molecule has 3 heterocycles. The van der Waals surface area contributed by atoms with Crippen LogP contribution in [-0.2, 0) is 0 Å². The summed E-state index contributed by atoms with van der Waals surface area (Å²) in [6, 6.07) is 6.48. The summed E-state index contributed by atoms with van der Waals surface area (Å²) in [7, 11) is 0. The summed E-state index contributed by atoms with van der Waals surface area (Å²) in [5.41, 5.74) is 0.980. The lowest BCUT2D eigenvalue weighted by atomic mass is 10.1. The predicted octanol–water partition coefficient (Wildman–Crippen LogP) is 4.64. The van der Waals surface area contributed by atoms with Crippen molar-refractivity contribution < 1.29 is 18.7 Å². The van der Waals surface area contributed by atoms with Crippen LogP contribution in [0, 0.1) is 12.7 Å². The van der Waals surface area contributed by atoms with Gasteiger partial charge in [0.1, 0.15) is 17.1 Å². The number of aliphatic hydroxyl groups is 1. The van der Waals surface area contributed by atoms with E-state index in [0.717, 1.165) is 5.56 Å². The molecule has 1 saturated heterocycles. The van der Waals surface area contributed by atoms with Gasteiger partial charge in [0.2, 0.25) is 5.76 Å². The maximum absolute atomic E-state index is 14.3. The highest BCUT2D eigenvalue weighted by molar-refractivity contribution is 6.07. The van der Waals surface area contributed by atoms with Crippen molar-refractivity contribution in [1.29, 1.82) is 0 Å². The number of amides is 1. The van der Waals surface area contributed by atoms with Crippen molar-refractivity contribution in [2.45, 2.75) is 39.7 Å². The fourth-order valence-corrected chi connectivity index (χ4v) is 3.33. The minimum absolute atomic E-state index is 0.0793. The molecule has 29 heavy (non-hydrogen) atoms. The molecule has 7 heteroatoms. The summed E-state index contributed by atoms with van der Waals surface area (Å²) in [6.45, 7) is 8.15. The smallest absolute Gasteiger partial charge is 0.291 e. The summed E-state index contributed by atoms with van der Waals surface area (Å²) >= 11 is 0. The van der Waals surface area contributed by atoms with Crippen LogP contribution in [-0.4, -0.2) is 39.6 Å². The third-order valence-electron chi connectivity index (χ3n) is 4.81. The second kappa shape index (κ2) is 8.21. The van der Waals surface area contributed by atoms with Crippen LogP contribution in [0.15, 0.2) is 41.1 Å². The van der Waals surface area contributed by atoms with Gasteiger partial charge in [0.25, 0.3) is 5.91 Å². The second-order valence-electron chi connectivity index (χ2n) is 7.26. The normalized spacial score (nSPS) is 18.5. The van der Waals surface area contributed by atoms with Gasteiger partial charge in [-0.1, -0.05) is 19.9 Å². The number of furan rings is 1. The fourth-order valence-electron chi connectivity index (χ4n) is 3.33. The van der Waals surface area contributed by atoms with E-state index in [0.29, 0.717) is 29.6 Å². The number of rotatable bonds is 3. The Balaban J connectivity index is 0.00000117. The number of carbonyl (C=O) groups excluding carboxylic acids is 1. The number of nitrogens with zero attached hydrogens (tertiary/aromatic N) is 2. The quantitative estimate of drug-likeness (QED) is 0.671. The Kier molecular flexibility index (Phi) is 5.88. The SMILES string of the molecule is CC.Cc1ccc(Nc2c(C(=O)N3CCC(C)(O)C3)oc3ccncc23)c(F)c1. The number of hydrogen-bond acceptors (Lipinski definition) is 5. The summed E-state index contributed by atoms with van der Waals surface area (Å²) in [5.74, 6) is -0.689. The van der Waals surface area contributed by atoms with Crippen molar-refractivity contribution in [3.05, 3.63) is 53.8 Å². The molecular formula is C22H26FN3O3. The van der Waals surface area contributed by atoms with Crippen molar-refractivity contribution >= 4 is 28.3 Å². The number of aromatic nitrogens is 1. The number of likely N-dealkylation sites (tertiary alicyclic amines) is 1. The number of nitrogens with one attached hydrogen (secondary N) is 1. The van der Waals surface area contributed by atoms with Gasteiger partial charge in [-0.25, -0.2) is 4.39 Å². The van der Waals surface area contributed by atoms with Gasteiger partial charge in [0.05, 0.1) is 16.7 Å². The molecular weight excluding hydrogens is 373 g/mol. The van der Waals surface area contributed by atoms with E-state index in [1.54, 1.807) is 49.3 Å². The number of β-amino-alcohol motifs (C(OH)–C–C–N with tert-alkyl or cyclic N) is 1. The standard InChI is InChI=1S/C20H20FN3O3.C2H6/c1-12-3-4-15(14(21)9-12)23-17-13-10-22-7-5-16(13)27-18(17)19(25)24-8-6-20(2,26)11-24;1-2/h3-5,7,9-10,23,26H,6,8,11H2,1-2H3;1-2H3. The Labute approximate surface area is 169 Å². The fraction of sp³-hybridized carbons (Fsp3) is 0.364. The van der Waals surface area contributed by atoms with Gasteiger partial charge in [0.15, 0.2) is 0 Å². The van der Waals surface area contributed by atoms with Crippen LogP contribution in [0.5, 0.6) is 0 Å². The summed E-state index contributed by atoms with van der Waals surface area (Å²) in [4.78, 5) is 18.7. The van der Waals surface area contributed by atoms with E-state index in [9.17, 15) is 14.3 Å². The van der Waals surface area contributed by atoms with E-state index in [4.69, 9.17) is 4.42 Å². The van der Waals surface area contributed by atoms with E-state index >= 15 is 0 Å². The van der Waals surface area contributed by atoms with Gasteiger partial charge in [-0.05, 0) is 44.0 Å². The molecule has 1 aliphatic rings. The van der Waals surface area contributed by atoms with E-state index in [-0.39, 0.29) is 23.9 Å². The molecule has 1 fully saturated rings. The largest absolute Gasteiger partial charge is 0.448 e. The molecule has 0 radical (unpaired) electrons. The van der Waals surface area contributed by atoms with Gasteiger partial charge < -0.3 is 19.7 Å². The Bertz CT molecular complexity index is 1030. The molecule has 4 rings (SSSR count). The first-order chi connectivity index (χ1) is 13.8. The van der Waals surface area contributed by atoms with Crippen LogP contribution in [0.4, 0.5) is 15.8 Å². The Hall–Kier alpha value is -2.93. The van der Waals surface area contributed by atoms with Crippen LogP contribution in [0.3, 0.4) is 0 Å². The molecule has 6 nitrogen and oxygen atoms in total. The minimum atomic E-state index is -0.917. The van der Waals surface area contributed by atoms with Gasteiger partial charge in [-0.3, -0.25) is 9.78 Å². The van der Waals surface area contributed by atoms with Crippen LogP contribution < -0.4 is 5.32 Å². The Morgan fingerprint density at radius 2 is 2.10 bits per heavy atom. The number of hydrogen-bond donors (Lipinski definition) is 2. The van der Waals surface area contributed by atoms with Crippen LogP contribution in [0.1, 0.15) is 43.3 Å². The predicted molar refractivity (Wildman–Crippen MR) is 111 cm³/mol. The highest BCUT2D eigenvalue weighted by atomic mass is 19.1. The van der Waals surface area contributed by atoms with E-state index < -0.39 is 11.4 Å². The molecule has 0 aliphatic carbocycles. The molecule has 1 atom stereocenters. The number of fused-ring (bicyclic) bond motifs is 1. The van der Waals surface area contributed by atoms with Crippen LogP contribution >= 0.6 is 0 Å². The van der Waals surface area contributed by atoms with Gasteiger partial charge in [-0.2, -0.15) is 0 Å². The van der Waals surface area contributed by atoms with Gasteiger partial charge in [0, 0.05) is 25.5 Å². The lowest BCUT2D eigenvalue weighted by molar-refractivity contribution is 0.0557. The maximum Gasteiger partial charge on any atom is 0.291 e. The zero-order valence-electron chi connectivity index (χ0n) is 17.1. The summed E-state index contributed by atoms with van der Waals surface area (Å²) in [5, 5.41) is 13.8. The first-order valence-corrected chi connectivity index (χ1v) is 9.75. The van der Waals surface area contributed by atoms with E-state index in [1.165, 1.54) is 6.07 Å². The number of carbonyl (C=O) groups is 1. The van der Waals surface area contributed by atoms with Gasteiger partial charge >= 0.3 is 0 Å². The molecule has 1 aromatic carbocycles. The first-order valence-electron chi connectivity index (χ1n) is 9.75. The second-order valence-corrected chi connectivity index (χ2v) is 7.26. The third kappa shape index (κ3) is 4.24. The van der Waals surface area contributed by atoms with E-state index in [2.05, 4.69) is 10.3 Å². The van der Waals surface area contributed by atoms with E-state index in [1.807, 2.05) is 13.8 Å². The summed E-state index contributed by atoms with van der Waals surface area (Å²) in [6.07, 6.45) is 3.64. The van der Waals surface area contributed by atoms with Crippen molar-refractivity contribution in [2.24, 2.45) is 0 Å². The molecule has 3 aromatic rings. The van der Waals surface area contributed by atoms with Crippen molar-refractivity contribution in [3.63, 3.8) is 0 Å². The number of aryl methyl sites for hydroxylation is 1. The van der Waals surface area contributed by atoms with Crippen molar-refractivity contribution in [1.82, 2.24) is 9.88 Å². The first kappa shape index (κ1) is 20.8. The molecule has 1 aliphatic heterocycles. The highest BCUT2D eigenvalue weighted by Crippen LogP contribution is 2.35. The number of halogens is 1. The molecule has 2 N–H and O–H groups in total. The minimum Gasteiger partial charge on any atom is -0.448 e. The summed E-state index contributed by atoms with van der Waals surface area (Å²) < 4.78 is 20.1. The highest BCUT2D eigenvalue weighted by Gasteiger charge is 2.36. The number of pyridine rings is 1. The molecule has 2 aromatic heterocycles. The Morgan fingerprint density at radius 3 is 2.76 bits per heavy atom. The van der Waals surface area contributed by atoms with Crippen LogP contribution in [0.2, 0.25) is 0 Å². The number of benzene rings is 1. The monoisotopic (exact) mass is 399 g/mol. The lowest BCUT2D eigenvalue weighted by Crippen LogP contribution is -2.34. The molecule has 0 saturated carbocycles. The Morgan fingerprint density at radius 1 is 1.34 bits per heavy atom. The third-order valence-corrected chi connectivity index (χ3v) is 4.81. The van der Waals surface area contributed by atoms with Gasteiger partial charge in [-0.15, -0.1) is 0 Å². The topological polar surface area (TPSA) is 78.6 Å². The molecule has 0 spiro atoms. The number of anilines is 2. The maximum atomic E-state index is 14.3. The lowest BCUT2D eigenvalue weighted by Gasteiger charge is -2.18. The average Bonchev–Trinajstić information content (AvgIpc) is 3.25.